The van der Waals surface area contributed by atoms with Gasteiger partial charge in [-0.2, -0.15) is 18.4 Å². The first-order chi connectivity index (χ1) is 26.1. The molecule has 3 aromatic rings. The van der Waals surface area contributed by atoms with Gasteiger partial charge in [-0.3, -0.25) is 39.2 Å². The van der Waals surface area contributed by atoms with Gasteiger partial charge in [-0.1, -0.05) is 6.07 Å². The van der Waals surface area contributed by atoms with Crippen LogP contribution in [0.25, 0.3) is 0 Å². The molecule has 0 aliphatic carbocycles. The zero-order valence-electron chi connectivity index (χ0n) is 30.0. The van der Waals surface area contributed by atoms with Gasteiger partial charge in [0.1, 0.15) is 30.0 Å². The van der Waals surface area contributed by atoms with Crippen LogP contribution in [0.15, 0.2) is 60.8 Å². The van der Waals surface area contributed by atoms with Crippen molar-refractivity contribution in [1.29, 1.82) is 5.26 Å². The number of carbonyl (C=O) groups excluding carboxylic acids is 4. The van der Waals surface area contributed by atoms with Crippen LogP contribution in [0.5, 0.6) is 5.75 Å². The lowest BCUT2D eigenvalue weighted by atomic mass is 10.0. The van der Waals surface area contributed by atoms with Gasteiger partial charge in [0.05, 0.1) is 24.0 Å². The van der Waals surface area contributed by atoms with Crippen LogP contribution in [0.1, 0.15) is 42.2 Å². The number of ether oxygens (including phenoxy) is 1. The molecule has 3 N–H and O–H groups in total. The molecule has 6 rings (SSSR count). The number of thiocarbonyl (C=S) groups is 1. The van der Waals surface area contributed by atoms with Crippen LogP contribution in [0.4, 0.5) is 35.9 Å². The van der Waals surface area contributed by atoms with Gasteiger partial charge in [-0.15, -0.1) is 0 Å². The number of piperidine rings is 1. The number of carbonyl (C=O) groups is 4. The van der Waals surface area contributed by atoms with Gasteiger partial charge < -0.3 is 20.3 Å². The maximum atomic E-state index is 13.6. The van der Waals surface area contributed by atoms with Crippen LogP contribution in [0.2, 0.25) is 0 Å². The number of halogens is 3. The standard InChI is InChI=1S/C37H38F3N9O5S.3H2/c1-36(2)34(53)48(26-19-28(37(38,39)40)30(20-41)42-21-26)35(55)49(36)25-6-8-27(9-7-25)54-17-16-46-12-14-47(15-13-46)22-32(51)44-24-5-3-4-23(18-24)43-29-10-11-31(50)45-33(29)52;;;/h3-9,18-19,21,29,43H,10-17,22H2,1-2H3,(H,44,51)(H,45,50,52);3*1H. The Balaban J connectivity index is 0.00000300. The third-order valence-corrected chi connectivity index (χ3v) is 9.91. The van der Waals surface area contributed by atoms with Gasteiger partial charge in [-0.25, -0.2) is 4.98 Å². The summed E-state index contributed by atoms with van der Waals surface area (Å²) in [5, 5.41) is 17.4. The van der Waals surface area contributed by atoms with E-state index in [0.717, 1.165) is 24.2 Å². The van der Waals surface area contributed by atoms with Crippen LogP contribution in [-0.4, -0.2) is 101 Å². The predicted molar refractivity (Wildman–Crippen MR) is 207 cm³/mol. The van der Waals surface area contributed by atoms with Gasteiger partial charge in [0.25, 0.3) is 5.91 Å². The molecule has 0 spiro atoms. The molecule has 14 nitrogen and oxygen atoms in total. The first-order valence-electron chi connectivity index (χ1n) is 17.5. The summed E-state index contributed by atoms with van der Waals surface area (Å²) in [7, 11) is 0. The highest BCUT2D eigenvalue weighted by atomic mass is 32.1. The molecule has 0 bridgehead atoms. The number of benzene rings is 2. The van der Waals surface area contributed by atoms with E-state index >= 15 is 0 Å². The lowest BCUT2D eigenvalue weighted by Crippen LogP contribution is -2.49. The van der Waals surface area contributed by atoms with E-state index in [1.54, 1.807) is 67.3 Å². The number of rotatable bonds is 11. The molecule has 0 radical (unpaired) electrons. The number of aromatic nitrogens is 1. The number of hydrogen-bond donors (Lipinski definition) is 3. The zero-order chi connectivity index (χ0) is 39.5. The molecule has 4 amide bonds. The molecule has 1 aromatic heterocycles. The molecule has 294 valence electrons. The van der Waals surface area contributed by atoms with Crippen LogP contribution in [0.3, 0.4) is 0 Å². The quantitative estimate of drug-likeness (QED) is 0.185. The van der Waals surface area contributed by atoms with Gasteiger partial charge in [0.15, 0.2) is 10.8 Å². The number of imide groups is 1. The second kappa shape index (κ2) is 16.0. The van der Waals surface area contributed by atoms with E-state index in [-0.39, 0.29) is 45.8 Å². The number of nitriles is 1. The minimum Gasteiger partial charge on any atom is -0.492 e. The maximum absolute atomic E-state index is 13.6. The number of alkyl halides is 3. The summed E-state index contributed by atoms with van der Waals surface area (Å²) >= 11 is 5.59. The van der Waals surface area contributed by atoms with Crippen molar-refractivity contribution in [2.75, 3.05) is 66.3 Å². The van der Waals surface area contributed by atoms with Crippen molar-refractivity contribution in [2.45, 2.75) is 44.4 Å². The molecule has 0 saturated carbocycles. The topological polar surface area (TPSA) is 163 Å². The van der Waals surface area contributed by atoms with Crippen molar-refractivity contribution in [3.8, 4) is 11.8 Å². The summed E-state index contributed by atoms with van der Waals surface area (Å²) in [6.45, 7) is 7.37. The average Bonchev–Trinajstić information content (AvgIpc) is 3.32. The Kier molecular flexibility index (Phi) is 11.4. The average molecular weight is 784 g/mol. The normalized spacial score (nSPS) is 19.2. The Hall–Kier alpha value is -5.64. The van der Waals surface area contributed by atoms with Crippen LogP contribution >= 0.6 is 12.2 Å². The molecule has 2 aromatic carbocycles. The monoisotopic (exact) mass is 783 g/mol. The Bertz CT molecular complexity index is 2050. The maximum Gasteiger partial charge on any atom is 0.419 e. The van der Waals surface area contributed by atoms with E-state index in [4.69, 9.17) is 22.2 Å². The zero-order valence-corrected chi connectivity index (χ0v) is 30.8. The third kappa shape index (κ3) is 8.85. The van der Waals surface area contributed by atoms with Gasteiger partial charge in [0, 0.05) is 60.5 Å². The third-order valence-electron chi connectivity index (χ3n) is 9.54. The fourth-order valence-electron chi connectivity index (χ4n) is 6.62. The molecule has 1 unspecified atom stereocenters. The van der Waals surface area contributed by atoms with Gasteiger partial charge >= 0.3 is 6.18 Å². The SMILES string of the molecule is CC1(C)C(=O)N(c2cnc(C#N)c(C(F)(F)F)c2)C(=S)N1c1ccc(OCCN2CCN(CC(=O)Nc3cccc(NC4CCC(=O)NC4=O)c3)CC2)cc1.[HH].[HH].[HH]. The summed E-state index contributed by atoms with van der Waals surface area (Å²) in [6.07, 6.45) is -3.16. The second-order valence-electron chi connectivity index (χ2n) is 13.8. The summed E-state index contributed by atoms with van der Waals surface area (Å²) in [5.74, 6) is -0.787. The number of amides is 4. The molecule has 3 fully saturated rings. The molecule has 3 aliphatic heterocycles. The Morgan fingerprint density at radius 2 is 1.75 bits per heavy atom. The highest BCUT2D eigenvalue weighted by molar-refractivity contribution is 7.81. The molecule has 4 heterocycles. The number of pyridine rings is 1. The number of nitrogens with one attached hydrogen (secondary N) is 3. The highest BCUT2D eigenvalue weighted by Gasteiger charge is 2.51. The second-order valence-corrected chi connectivity index (χ2v) is 14.1. The first kappa shape index (κ1) is 39.1. The van der Waals surface area contributed by atoms with Gasteiger partial charge in [0.2, 0.25) is 17.7 Å². The number of anilines is 4. The lowest BCUT2D eigenvalue weighted by molar-refractivity contribution is -0.138. The molecular weight excluding hydrogens is 740 g/mol. The van der Waals surface area contributed by atoms with E-state index in [0.29, 0.717) is 61.5 Å². The van der Waals surface area contributed by atoms with E-state index in [1.165, 1.54) is 6.07 Å². The Morgan fingerprint density at radius 3 is 2.42 bits per heavy atom. The lowest BCUT2D eigenvalue weighted by Gasteiger charge is -2.34. The molecule has 3 aliphatic rings. The minimum absolute atomic E-state index is 0. The number of nitrogens with zero attached hydrogens (tertiary/aromatic N) is 6. The summed E-state index contributed by atoms with van der Waals surface area (Å²) in [5.41, 5.74) is -1.69. The van der Waals surface area contributed by atoms with E-state index < -0.39 is 34.9 Å². The predicted octanol–water partition coefficient (Wildman–Crippen LogP) is 4.48. The van der Waals surface area contributed by atoms with Gasteiger partial charge in [-0.05, 0) is 81.0 Å². The number of hydrogen-bond acceptors (Lipinski definition) is 11. The van der Waals surface area contributed by atoms with Crippen molar-refractivity contribution >= 4 is 63.7 Å². The summed E-state index contributed by atoms with van der Waals surface area (Å²) in [4.78, 5) is 60.3. The van der Waals surface area contributed by atoms with Crippen molar-refractivity contribution < 1.29 is 41.4 Å². The van der Waals surface area contributed by atoms with Crippen molar-refractivity contribution in [1.82, 2.24) is 20.1 Å². The van der Waals surface area contributed by atoms with Crippen molar-refractivity contribution in [2.24, 2.45) is 0 Å². The molecule has 3 saturated heterocycles. The highest BCUT2D eigenvalue weighted by Crippen LogP contribution is 2.39. The summed E-state index contributed by atoms with van der Waals surface area (Å²) < 4.78 is 46.9. The van der Waals surface area contributed by atoms with Crippen LogP contribution in [-0.2, 0) is 25.4 Å². The summed E-state index contributed by atoms with van der Waals surface area (Å²) in [6, 6.07) is 15.6. The molecule has 55 heavy (non-hydrogen) atoms. The molecule has 1 atom stereocenters. The minimum atomic E-state index is -4.85. The number of piperazine rings is 1. The fourth-order valence-corrected chi connectivity index (χ4v) is 7.14. The first-order valence-corrected chi connectivity index (χ1v) is 17.9. The molecule has 18 heteroatoms. The van der Waals surface area contributed by atoms with Crippen LogP contribution < -0.4 is 30.5 Å². The Labute approximate surface area is 324 Å². The largest absolute Gasteiger partial charge is 0.492 e. The smallest absolute Gasteiger partial charge is 0.419 e. The van der Waals surface area contributed by atoms with Crippen LogP contribution in [0, 0.1) is 11.3 Å². The van der Waals surface area contributed by atoms with E-state index in [9.17, 15) is 32.3 Å². The Morgan fingerprint density at radius 1 is 1.05 bits per heavy atom. The molecular formula is C37H44F3N9O5S. The fraction of sp³-hybridized carbons (Fsp3) is 0.378. The van der Waals surface area contributed by atoms with E-state index in [2.05, 4.69) is 30.7 Å². The van der Waals surface area contributed by atoms with Crippen molar-refractivity contribution in [3.63, 3.8) is 0 Å². The van der Waals surface area contributed by atoms with E-state index in [1.807, 2.05) is 0 Å². The van der Waals surface area contributed by atoms with Crippen molar-refractivity contribution in [3.05, 3.63) is 72.1 Å².